The molecule has 0 saturated heterocycles. The van der Waals surface area contributed by atoms with Crippen molar-refractivity contribution in [2.75, 3.05) is 0 Å². The molecule has 0 saturated carbocycles. The molecule has 0 aromatic heterocycles. The normalized spacial score (nSPS) is 30.2. The summed E-state index contributed by atoms with van der Waals surface area (Å²) in [6.45, 7) is 0. The number of alkyl halides is 4. The van der Waals surface area contributed by atoms with Crippen LogP contribution < -0.4 is 0 Å². The lowest BCUT2D eigenvalue weighted by Crippen LogP contribution is -2.38. The first-order chi connectivity index (χ1) is 5.35. The van der Waals surface area contributed by atoms with Crippen LogP contribution in [0.5, 0.6) is 0 Å². The van der Waals surface area contributed by atoms with Crippen LogP contribution in [0.1, 0.15) is 6.42 Å². The Hall–Kier alpha value is -0.150. The van der Waals surface area contributed by atoms with E-state index in [0.29, 0.717) is 0 Å². The van der Waals surface area contributed by atoms with Crippen molar-refractivity contribution in [3.63, 3.8) is 0 Å². The van der Waals surface area contributed by atoms with Crippen molar-refractivity contribution in [3.8, 4) is 0 Å². The highest BCUT2D eigenvalue weighted by Crippen LogP contribution is 2.42. The molecule has 1 aliphatic carbocycles. The fourth-order valence-electron chi connectivity index (χ4n) is 0.804. The van der Waals surface area contributed by atoms with Gasteiger partial charge in [-0.2, -0.15) is 13.2 Å². The molecule has 1 rings (SSSR count). The average molecular weight is 217 g/mol. The Labute approximate surface area is 77.6 Å². The second kappa shape index (κ2) is 2.96. The highest BCUT2D eigenvalue weighted by atomic mass is 35.5. The number of rotatable bonds is 0. The van der Waals surface area contributed by atoms with Crippen molar-refractivity contribution >= 4 is 23.2 Å². The van der Waals surface area contributed by atoms with Gasteiger partial charge in [0.05, 0.1) is 0 Å². The summed E-state index contributed by atoms with van der Waals surface area (Å²) >= 11 is 10.7. The van der Waals surface area contributed by atoms with Gasteiger partial charge in [0.1, 0.15) is 0 Å². The lowest BCUT2D eigenvalue weighted by atomic mass is 9.99. The quantitative estimate of drug-likeness (QED) is 0.543. The van der Waals surface area contributed by atoms with Gasteiger partial charge in [-0.15, -0.1) is 11.6 Å². The van der Waals surface area contributed by atoms with Gasteiger partial charge in [-0.3, -0.25) is 0 Å². The fourth-order valence-corrected chi connectivity index (χ4v) is 1.08. The Balaban J connectivity index is 2.86. The van der Waals surface area contributed by atoms with Crippen LogP contribution in [0.3, 0.4) is 0 Å². The molecule has 0 aliphatic heterocycles. The third kappa shape index (κ3) is 1.77. The van der Waals surface area contributed by atoms with Crippen LogP contribution in [-0.2, 0) is 0 Å². The van der Waals surface area contributed by atoms with Crippen LogP contribution in [0.15, 0.2) is 23.3 Å². The molecular formula is C7H5Cl2F3. The monoisotopic (exact) mass is 216 g/mol. The third-order valence-electron chi connectivity index (χ3n) is 1.57. The summed E-state index contributed by atoms with van der Waals surface area (Å²) in [5.41, 5.74) is 0. The second-order valence-corrected chi connectivity index (χ2v) is 3.60. The van der Waals surface area contributed by atoms with Gasteiger partial charge in [0.25, 0.3) is 0 Å². The first kappa shape index (κ1) is 9.93. The summed E-state index contributed by atoms with van der Waals surface area (Å²) < 4.78 is 36.6. The van der Waals surface area contributed by atoms with Gasteiger partial charge >= 0.3 is 6.18 Å². The molecule has 0 fully saturated rings. The maximum atomic E-state index is 12.2. The zero-order valence-electron chi connectivity index (χ0n) is 5.83. The van der Waals surface area contributed by atoms with Crippen LogP contribution in [0.4, 0.5) is 13.2 Å². The van der Waals surface area contributed by atoms with Crippen molar-refractivity contribution in [1.82, 2.24) is 0 Å². The minimum Gasteiger partial charge on any atom is -0.169 e. The summed E-state index contributed by atoms with van der Waals surface area (Å²) in [4.78, 5) is -2.27. The van der Waals surface area contributed by atoms with Crippen LogP contribution in [0.2, 0.25) is 0 Å². The molecule has 0 spiro atoms. The topological polar surface area (TPSA) is 0 Å². The highest BCUT2D eigenvalue weighted by molar-refractivity contribution is 6.32. The zero-order valence-corrected chi connectivity index (χ0v) is 7.34. The Morgan fingerprint density at radius 3 is 2.33 bits per heavy atom. The molecule has 12 heavy (non-hydrogen) atoms. The van der Waals surface area contributed by atoms with E-state index in [2.05, 4.69) is 0 Å². The molecule has 68 valence electrons. The predicted octanol–water partition coefficient (Wildman–Crippen LogP) is 3.61. The van der Waals surface area contributed by atoms with Gasteiger partial charge in [-0.1, -0.05) is 23.8 Å². The van der Waals surface area contributed by atoms with Crippen LogP contribution in [0, 0.1) is 0 Å². The standard InChI is InChI=1S/C7H5Cl2F3/c8-5-1-3-6(9,4-2-5)7(10,11)12/h1-3H,4H2. The number of hydrogen-bond acceptors (Lipinski definition) is 0. The molecule has 0 radical (unpaired) electrons. The molecular weight excluding hydrogens is 212 g/mol. The minimum atomic E-state index is -4.43. The van der Waals surface area contributed by atoms with E-state index in [4.69, 9.17) is 23.2 Å². The number of halogens is 5. The highest BCUT2D eigenvalue weighted by Gasteiger charge is 2.51. The summed E-state index contributed by atoms with van der Waals surface area (Å²) in [5, 5.41) is 0.288. The van der Waals surface area contributed by atoms with Crippen molar-refractivity contribution in [3.05, 3.63) is 23.3 Å². The van der Waals surface area contributed by atoms with E-state index < -0.39 is 11.1 Å². The van der Waals surface area contributed by atoms with Gasteiger partial charge in [0.2, 0.25) is 0 Å². The predicted molar refractivity (Wildman–Crippen MR) is 42.3 cm³/mol. The molecule has 1 aliphatic rings. The van der Waals surface area contributed by atoms with Crippen LogP contribution >= 0.6 is 23.2 Å². The fraction of sp³-hybridized carbons (Fsp3) is 0.429. The van der Waals surface area contributed by atoms with Crippen molar-refractivity contribution in [2.45, 2.75) is 17.5 Å². The smallest absolute Gasteiger partial charge is 0.169 e. The Morgan fingerprint density at radius 1 is 1.42 bits per heavy atom. The maximum Gasteiger partial charge on any atom is 0.411 e. The molecule has 0 N–H and O–H groups in total. The van der Waals surface area contributed by atoms with E-state index in [9.17, 15) is 13.2 Å². The van der Waals surface area contributed by atoms with E-state index in [1.54, 1.807) is 0 Å². The number of hydrogen-bond donors (Lipinski definition) is 0. The Kier molecular flexibility index (Phi) is 2.45. The zero-order chi connectivity index (χ0) is 9.41. The molecule has 5 heteroatoms. The van der Waals surface area contributed by atoms with Gasteiger partial charge < -0.3 is 0 Å². The van der Waals surface area contributed by atoms with E-state index in [-0.39, 0.29) is 11.5 Å². The van der Waals surface area contributed by atoms with Gasteiger partial charge in [0.15, 0.2) is 4.87 Å². The molecule has 0 heterocycles. The summed E-state index contributed by atoms with van der Waals surface area (Å²) in [7, 11) is 0. The van der Waals surface area contributed by atoms with Crippen LogP contribution in [-0.4, -0.2) is 11.1 Å². The second-order valence-electron chi connectivity index (χ2n) is 2.49. The van der Waals surface area contributed by atoms with Crippen molar-refractivity contribution in [2.24, 2.45) is 0 Å². The molecule has 0 nitrogen and oxygen atoms in total. The van der Waals surface area contributed by atoms with Gasteiger partial charge in [-0.05, 0) is 12.5 Å². The molecule has 0 aromatic carbocycles. The van der Waals surface area contributed by atoms with E-state index in [0.717, 1.165) is 12.2 Å². The Bertz CT molecular complexity index is 242. The molecule has 1 atom stereocenters. The average Bonchev–Trinajstić information content (AvgIpc) is 1.93. The first-order valence-electron chi connectivity index (χ1n) is 3.16. The first-order valence-corrected chi connectivity index (χ1v) is 3.91. The SMILES string of the molecule is FC(F)(F)C1(Cl)C=CC(Cl)=CC1. The number of allylic oxidation sites excluding steroid dienone is 4. The van der Waals surface area contributed by atoms with Crippen molar-refractivity contribution in [1.29, 1.82) is 0 Å². The van der Waals surface area contributed by atoms with Gasteiger partial charge in [-0.25, -0.2) is 0 Å². The summed E-state index contributed by atoms with van der Waals surface area (Å²) in [6.07, 6.45) is -1.46. The van der Waals surface area contributed by atoms with Crippen LogP contribution in [0.25, 0.3) is 0 Å². The van der Waals surface area contributed by atoms with Crippen molar-refractivity contribution < 1.29 is 13.2 Å². The largest absolute Gasteiger partial charge is 0.411 e. The molecule has 0 aromatic rings. The lowest BCUT2D eigenvalue weighted by molar-refractivity contribution is -0.149. The lowest BCUT2D eigenvalue weighted by Gasteiger charge is -2.26. The van der Waals surface area contributed by atoms with E-state index in [1.807, 2.05) is 0 Å². The van der Waals surface area contributed by atoms with E-state index >= 15 is 0 Å². The Morgan fingerprint density at radius 2 is 2.00 bits per heavy atom. The summed E-state index contributed by atoms with van der Waals surface area (Å²) in [6, 6.07) is 0. The molecule has 1 unspecified atom stereocenters. The minimum absolute atomic E-state index is 0.288. The summed E-state index contributed by atoms with van der Waals surface area (Å²) in [5.74, 6) is 0. The third-order valence-corrected chi connectivity index (χ3v) is 2.35. The van der Waals surface area contributed by atoms with Gasteiger partial charge in [0, 0.05) is 5.03 Å². The van der Waals surface area contributed by atoms with E-state index in [1.165, 1.54) is 6.08 Å². The maximum absolute atomic E-state index is 12.2. The molecule has 0 amide bonds. The molecule has 0 bridgehead atoms.